The zero-order valence-corrected chi connectivity index (χ0v) is 13.7. The normalized spacial score (nSPS) is 11.8. The molecule has 0 bridgehead atoms. The van der Waals surface area contributed by atoms with Gasteiger partial charge in [-0.05, 0) is 37.6 Å². The van der Waals surface area contributed by atoms with Gasteiger partial charge in [-0.2, -0.15) is 0 Å². The van der Waals surface area contributed by atoms with Crippen LogP contribution >= 0.6 is 11.3 Å². The number of nitrogens with one attached hydrogen (secondary N) is 2. The Morgan fingerprint density at radius 3 is 2.64 bits per heavy atom. The van der Waals surface area contributed by atoms with Crippen molar-refractivity contribution in [3.05, 3.63) is 29.6 Å². The number of anilines is 1. The molecule has 0 aliphatic heterocycles. The van der Waals surface area contributed by atoms with Crippen molar-refractivity contribution in [2.45, 2.75) is 20.3 Å². The fraction of sp³-hybridized carbons (Fsp3) is 0.312. The first-order valence-electron chi connectivity index (χ1n) is 7.01. The molecule has 1 aromatic carbocycles. The topological polar surface area (TPSA) is 75.1 Å². The van der Waals surface area contributed by atoms with E-state index in [1.165, 1.54) is 11.3 Å². The number of benzene rings is 1. The Bertz CT molecular complexity index is 664. The van der Waals surface area contributed by atoms with E-state index in [1.807, 2.05) is 36.6 Å². The fourth-order valence-corrected chi connectivity index (χ4v) is 2.83. The summed E-state index contributed by atoms with van der Waals surface area (Å²) in [4.78, 5) is 16.5. The molecule has 116 valence electrons. The molecule has 0 aliphatic carbocycles. The van der Waals surface area contributed by atoms with Crippen LogP contribution in [0.15, 0.2) is 29.6 Å². The fourth-order valence-electron chi connectivity index (χ4n) is 2.11. The molecule has 1 heterocycles. The van der Waals surface area contributed by atoms with Gasteiger partial charge in [-0.25, -0.2) is 4.98 Å². The third-order valence-corrected chi connectivity index (χ3v) is 4.13. The molecule has 1 unspecified atom stereocenters. The second-order valence-corrected chi connectivity index (χ2v) is 5.76. The van der Waals surface area contributed by atoms with Crippen molar-refractivity contribution in [1.29, 1.82) is 5.41 Å². The van der Waals surface area contributed by atoms with Crippen molar-refractivity contribution < 1.29 is 9.53 Å². The van der Waals surface area contributed by atoms with Crippen LogP contribution in [-0.2, 0) is 4.79 Å². The molecule has 0 saturated heterocycles. The highest BCUT2D eigenvalue weighted by molar-refractivity contribution is 7.14. The number of aromatic nitrogens is 1. The number of methoxy groups -OCH3 is 1. The van der Waals surface area contributed by atoms with Gasteiger partial charge in [0.05, 0.1) is 18.7 Å². The predicted octanol–water partition coefficient (Wildman–Crippen LogP) is 3.82. The summed E-state index contributed by atoms with van der Waals surface area (Å²) < 4.78 is 5.13. The van der Waals surface area contributed by atoms with Crippen LogP contribution in [0.5, 0.6) is 5.75 Å². The van der Waals surface area contributed by atoms with Gasteiger partial charge in [0.1, 0.15) is 5.75 Å². The van der Waals surface area contributed by atoms with E-state index >= 15 is 0 Å². The monoisotopic (exact) mass is 317 g/mol. The lowest BCUT2D eigenvalue weighted by Gasteiger charge is -2.11. The lowest BCUT2D eigenvalue weighted by Crippen LogP contribution is -2.27. The third kappa shape index (κ3) is 3.71. The minimum atomic E-state index is -0.395. The zero-order valence-electron chi connectivity index (χ0n) is 12.8. The van der Waals surface area contributed by atoms with Crippen molar-refractivity contribution in [3.8, 4) is 17.0 Å². The van der Waals surface area contributed by atoms with Crippen molar-refractivity contribution in [2.75, 3.05) is 12.4 Å². The molecular formula is C16H19N3O2S. The summed E-state index contributed by atoms with van der Waals surface area (Å²) in [5, 5.41) is 12.9. The van der Waals surface area contributed by atoms with Gasteiger partial charge in [0.25, 0.3) is 0 Å². The number of carbonyl (C=O) groups excluding carboxylic acids is 1. The molecule has 6 heteroatoms. The van der Waals surface area contributed by atoms with E-state index in [0.29, 0.717) is 17.3 Å². The number of hydrogen-bond donors (Lipinski definition) is 2. The molecule has 2 rings (SSSR count). The quantitative estimate of drug-likeness (QED) is 0.795. The minimum Gasteiger partial charge on any atom is -0.497 e. The molecule has 0 spiro atoms. The van der Waals surface area contributed by atoms with Gasteiger partial charge < -0.3 is 15.5 Å². The van der Waals surface area contributed by atoms with Crippen LogP contribution in [0, 0.1) is 11.3 Å². The number of carbonyl (C=O) groups is 1. The Labute approximate surface area is 133 Å². The Kier molecular flexibility index (Phi) is 5.27. The van der Waals surface area contributed by atoms with E-state index in [2.05, 4.69) is 10.3 Å². The van der Waals surface area contributed by atoms with E-state index in [9.17, 15) is 4.79 Å². The zero-order chi connectivity index (χ0) is 16.1. The molecular weight excluding hydrogens is 298 g/mol. The molecule has 22 heavy (non-hydrogen) atoms. The SMILES string of the molecule is CCC(C(C)=N)C(=O)Nc1nc(-c2ccc(OC)cc2)cs1. The number of rotatable bonds is 6. The maximum atomic E-state index is 12.1. The standard InChI is InChI=1S/C16H19N3O2S/c1-4-13(10(2)17)15(20)19-16-18-14(9-22-16)11-5-7-12(21-3)8-6-11/h5-9,13,17H,4H2,1-3H3,(H,18,19,20). The van der Waals surface area contributed by atoms with Crippen LogP contribution in [0.2, 0.25) is 0 Å². The molecule has 5 nitrogen and oxygen atoms in total. The van der Waals surface area contributed by atoms with Crippen LogP contribution < -0.4 is 10.1 Å². The van der Waals surface area contributed by atoms with Crippen molar-refractivity contribution >= 4 is 28.1 Å². The summed E-state index contributed by atoms with van der Waals surface area (Å²) in [6, 6.07) is 7.60. The Morgan fingerprint density at radius 2 is 2.09 bits per heavy atom. The van der Waals surface area contributed by atoms with Gasteiger partial charge in [0, 0.05) is 16.7 Å². The van der Waals surface area contributed by atoms with E-state index in [4.69, 9.17) is 10.1 Å². The van der Waals surface area contributed by atoms with Crippen LogP contribution in [0.3, 0.4) is 0 Å². The number of hydrogen-bond acceptors (Lipinski definition) is 5. The Balaban J connectivity index is 2.10. The van der Waals surface area contributed by atoms with Crippen LogP contribution in [0.1, 0.15) is 20.3 Å². The third-order valence-electron chi connectivity index (χ3n) is 3.37. The van der Waals surface area contributed by atoms with Crippen molar-refractivity contribution in [2.24, 2.45) is 5.92 Å². The molecule has 1 aromatic heterocycles. The number of thiazole rings is 1. The van der Waals surface area contributed by atoms with Gasteiger partial charge >= 0.3 is 0 Å². The highest BCUT2D eigenvalue weighted by Crippen LogP contribution is 2.26. The lowest BCUT2D eigenvalue weighted by atomic mass is 10.0. The lowest BCUT2D eigenvalue weighted by molar-refractivity contribution is -0.118. The second kappa shape index (κ2) is 7.17. The van der Waals surface area contributed by atoms with Gasteiger partial charge in [-0.3, -0.25) is 4.79 Å². The molecule has 0 aliphatic rings. The first-order chi connectivity index (χ1) is 10.5. The van der Waals surface area contributed by atoms with Gasteiger partial charge in [-0.15, -0.1) is 11.3 Å². The summed E-state index contributed by atoms with van der Waals surface area (Å²) in [6.45, 7) is 3.55. The van der Waals surface area contributed by atoms with Gasteiger partial charge in [0.15, 0.2) is 5.13 Å². The maximum absolute atomic E-state index is 12.1. The molecule has 1 atom stereocenters. The minimum absolute atomic E-state index is 0.175. The number of ether oxygens (including phenoxy) is 1. The van der Waals surface area contributed by atoms with Gasteiger partial charge in [0.2, 0.25) is 5.91 Å². The highest BCUT2D eigenvalue weighted by Gasteiger charge is 2.19. The largest absolute Gasteiger partial charge is 0.497 e. The predicted molar refractivity (Wildman–Crippen MR) is 89.9 cm³/mol. The first kappa shape index (κ1) is 16.2. The molecule has 0 saturated carbocycles. The molecule has 1 amide bonds. The van der Waals surface area contributed by atoms with E-state index in [0.717, 1.165) is 17.0 Å². The van der Waals surface area contributed by atoms with E-state index < -0.39 is 5.92 Å². The summed E-state index contributed by atoms with van der Waals surface area (Å²) in [5.41, 5.74) is 2.14. The summed E-state index contributed by atoms with van der Waals surface area (Å²) in [6.07, 6.45) is 0.609. The van der Waals surface area contributed by atoms with E-state index in [-0.39, 0.29) is 5.91 Å². The molecule has 2 aromatic rings. The van der Waals surface area contributed by atoms with E-state index in [1.54, 1.807) is 14.0 Å². The Hall–Kier alpha value is -2.21. The average molecular weight is 317 g/mol. The number of amides is 1. The average Bonchev–Trinajstić information content (AvgIpc) is 2.96. The summed E-state index contributed by atoms with van der Waals surface area (Å²) in [5.74, 6) is 0.221. The van der Waals surface area contributed by atoms with Gasteiger partial charge in [-0.1, -0.05) is 6.92 Å². The van der Waals surface area contributed by atoms with Crippen LogP contribution in [-0.4, -0.2) is 23.7 Å². The molecule has 2 N–H and O–H groups in total. The number of nitrogens with zero attached hydrogens (tertiary/aromatic N) is 1. The summed E-state index contributed by atoms with van der Waals surface area (Å²) >= 11 is 1.38. The molecule has 0 fully saturated rings. The van der Waals surface area contributed by atoms with Crippen molar-refractivity contribution in [1.82, 2.24) is 4.98 Å². The summed E-state index contributed by atoms with van der Waals surface area (Å²) in [7, 11) is 1.63. The van der Waals surface area contributed by atoms with Crippen molar-refractivity contribution in [3.63, 3.8) is 0 Å². The smallest absolute Gasteiger partial charge is 0.234 e. The van der Waals surface area contributed by atoms with Crippen LogP contribution in [0.25, 0.3) is 11.3 Å². The highest BCUT2D eigenvalue weighted by atomic mass is 32.1. The Morgan fingerprint density at radius 1 is 1.41 bits per heavy atom. The maximum Gasteiger partial charge on any atom is 0.234 e. The first-order valence-corrected chi connectivity index (χ1v) is 7.89. The molecule has 0 radical (unpaired) electrons. The van der Waals surface area contributed by atoms with Crippen LogP contribution in [0.4, 0.5) is 5.13 Å². The second-order valence-electron chi connectivity index (χ2n) is 4.90.